The molecule has 0 aliphatic heterocycles. The Morgan fingerprint density at radius 1 is 0.923 bits per heavy atom. The Labute approximate surface area is 159 Å². The standard InChI is InChI=1S/C20H23N3O2S/c1-2-3-5-13-18(24)23-20(26)22-17-12-8-11-16(14-17)21-19(25)15-9-6-4-7-10-15/h4,6-12,14H,2-3,5,13H2,1H3,(H,21,25)(H2,22,23,24,26). The van der Waals surface area contributed by atoms with E-state index in [0.29, 0.717) is 23.4 Å². The minimum Gasteiger partial charge on any atom is -0.332 e. The van der Waals surface area contributed by atoms with E-state index in [1.807, 2.05) is 24.3 Å². The van der Waals surface area contributed by atoms with Crippen LogP contribution in [-0.2, 0) is 4.79 Å². The number of thiocarbonyl (C=S) groups is 1. The van der Waals surface area contributed by atoms with Gasteiger partial charge in [0.1, 0.15) is 0 Å². The van der Waals surface area contributed by atoms with Crippen molar-refractivity contribution in [3.05, 3.63) is 60.2 Å². The highest BCUT2D eigenvalue weighted by Crippen LogP contribution is 2.16. The molecule has 2 amide bonds. The average molecular weight is 369 g/mol. The van der Waals surface area contributed by atoms with Crippen LogP contribution in [0.25, 0.3) is 0 Å². The van der Waals surface area contributed by atoms with Gasteiger partial charge < -0.3 is 16.0 Å². The maximum Gasteiger partial charge on any atom is 0.255 e. The summed E-state index contributed by atoms with van der Waals surface area (Å²) in [5.41, 5.74) is 1.91. The first-order valence-corrected chi connectivity index (χ1v) is 9.06. The summed E-state index contributed by atoms with van der Waals surface area (Å²) in [7, 11) is 0. The van der Waals surface area contributed by atoms with Crippen LogP contribution in [0.5, 0.6) is 0 Å². The van der Waals surface area contributed by atoms with Crippen molar-refractivity contribution in [3.63, 3.8) is 0 Å². The molecule has 2 aromatic carbocycles. The molecule has 0 saturated carbocycles. The summed E-state index contributed by atoms with van der Waals surface area (Å²) in [4.78, 5) is 24.0. The summed E-state index contributed by atoms with van der Waals surface area (Å²) < 4.78 is 0. The van der Waals surface area contributed by atoms with Crippen molar-refractivity contribution in [2.45, 2.75) is 32.6 Å². The zero-order valence-electron chi connectivity index (χ0n) is 14.7. The van der Waals surface area contributed by atoms with Crippen LogP contribution in [-0.4, -0.2) is 16.9 Å². The molecule has 0 aliphatic carbocycles. The number of anilines is 2. The predicted octanol–water partition coefficient (Wildman–Crippen LogP) is 4.33. The lowest BCUT2D eigenvalue weighted by molar-refractivity contribution is -0.119. The highest BCUT2D eigenvalue weighted by Gasteiger charge is 2.07. The van der Waals surface area contributed by atoms with E-state index in [4.69, 9.17) is 12.2 Å². The predicted molar refractivity (Wildman–Crippen MR) is 109 cm³/mol. The Morgan fingerprint density at radius 2 is 1.62 bits per heavy atom. The lowest BCUT2D eigenvalue weighted by Crippen LogP contribution is -2.33. The maximum absolute atomic E-state index is 12.2. The fourth-order valence-corrected chi connectivity index (χ4v) is 2.59. The Bertz CT molecular complexity index is 763. The molecule has 5 nitrogen and oxygen atoms in total. The molecule has 0 fully saturated rings. The lowest BCUT2D eigenvalue weighted by Gasteiger charge is -2.11. The summed E-state index contributed by atoms with van der Waals surface area (Å²) in [6.45, 7) is 2.09. The van der Waals surface area contributed by atoms with E-state index in [1.165, 1.54) is 0 Å². The lowest BCUT2D eigenvalue weighted by atomic mass is 10.2. The van der Waals surface area contributed by atoms with Crippen molar-refractivity contribution in [2.24, 2.45) is 0 Å². The molecular weight excluding hydrogens is 346 g/mol. The van der Waals surface area contributed by atoms with Crippen LogP contribution in [0.15, 0.2) is 54.6 Å². The first kappa shape index (κ1) is 19.6. The van der Waals surface area contributed by atoms with Crippen molar-refractivity contribution in [1.82, 2.24) is 5.32 Å². The molecule has 0 bridgehead atoms. The van der Waals surface area contributed by atoms with Gasteiger partial charge >= 0.3 is 0 Å². The SMILES string of the molecule is CCCCCC(=O)NC(=S)Nc1cccc(NC(=O)c2ccccc2)c1. The highest BCUT2D eigenvalue weighted by molar-refractivity contribution is 7.80. The fourth-order valence-electron chi connectivity index (χ4n) is 2.35. The second kappa shape index (κ2) is 10.3. The number of carbonyl (C=O) groups excluding carboxylic acids is 2. The first-order chi connectivity index (χ1) is 12.6. The van der Waals surface area contributed by atoms with Crippen molar-refractivity contribution in [2.75, 3.05) is 10.6 Å². The molecule has 0 saturated heterocycles. The number of nitrogens with one attached hydrogen (secondary N) is 3. The van der Waals surface area contributed by atoms with Gasteiger partial charge in [-0.2, -0.15) is 0 Å². The van der Waals surface area contributed by atoms with Gasteiger partial charge in [-0.1, -0.05) is 44.0 Å². The fraction of sp³-hybridized carbons (Fsp3) is 0.250. The number of hydrogen-bond acceptors (Lipinski definition) is 3. The van der Waals surface area contributed by atoms with Crippen molar-refractivity contribution >= 4 is 40.5 Å². The van der Waals surface area contributed by atoms with Crippen molar-refractivity contribution < 1.29 is 9.59 Å². The van der Waals surface area contributed by atoms with Crippen molar-refractivity contribution in [1.29, 1.82) is 0 Å². The topological polar surface area (TPSA) is 70.2 Å². The monoisotopic (exact) mass is 369 g/mol. The van der Waals surface area contributed by atoms with Gasteiger partial charge in [-0.3, -0.25) is 9.59 Å². The normalized spacial score (nSPS) is 10.0. The maximum atomic E-state index is 12.2. The van der Waals surface area contributed by atoms with Crippen LogP contribution in [0.4, 0.5) is 11.4 Å². The number of unbranched alkanes of at least 4 members (excludes halogenated alkanes) is 2. The van der Waals surface area contributed by atoms with Gasteiger partial charge in [-0.15, -0.1) is 0 Å². The summed E-state index contributed by atoms with van der Waals surface area (Å²) in [6.07, 6.45) is 3.41. The van der Waals surface area contributed by atoms with E-state index in [0.717, 1.165) is 19.3 Å². The molecule has 136 valence electrons. The average Bonchev–Trinajstić information content (AvgIpc) is 2.62. The zero-order chi connectivity index (χ0) is 18.8. The second-order valence-corrected chi connectivity index (χ2v) is 6.27. The van der Waals surface area contributed by atoms with Gasteiger partial charge in [0.05, 0.1) is 0 Å². The molecule has 0 spiro atoms. The van der Waals surface area contributed by atoms with Gasteiger partial charge in [0.15, 0.2) is 5.11 Å². The first-order valence-electron chi connectivity index (χ1n) is 8.66. The molecule has 0 heterocycles. The number of hydrogen-bond donors (Lipinski definition) is 3. The molecule has 3 N–H and O–H groups in total. The third kappa shape index (κ3) is 6.64. The van der Waals surface area contributed by atoms with E-state index >= 15 is 0 Å². The number of rotatable bonds is 7. The van der Waals surface area contributed by atoms with E-state index in [1.54, 1.807) is 30.3 Å². The summed E-state index contributed by atoms with van der Waals surface area (Å²) >= 11 is 5.17. The van der Waals surface area contributed by atoms with Gasteiger partial charge in [0.25, 0.3) is 5.91 Å². The minimum absolute atomic E-state index is 0.0931. The quantitative estimate of drug-likeness (QED) is 0.502. The van der Waals surface area contributed by atoms with Crippen LogP contribution in [0.1, 0.15) is 43.0 Å². The van der Waals surface area contributed by atoms with E-state index < -0.39 is 0 Å². The number of carbonyl (C=O) groups is 2. The van der Waals surface area contributed by atoms with Crippen molar-refractivity contribution in [3.8, 4) is 0 Å². The zero-order valence-corrected chi connectivity index (χ0v) is 15.6. The molecule has 0 aromatic heterocycles. The van der Waals surface area contributed by atoms with Gasteiger partial charge in [-0.25, -0.2) is 0 Å². The Kier molecular flexibility index (Phi) is 7.76. The molecule has 26 heavy (non-hydrogen) atoms. The molecule has 0 atom stereocenters. The Morgan fingerprint density at radius 3 is 2.31 bits per heavy atom. The Balaban J connectivity index is 1.89. The summed E-state index contributed by atoms with van der Waals surface area (Å²) in [5, 5.41) is 8.72. The molecule has 0 unspecified atom stereocenters. The number of amides is 2. The van der Waals surface area contributed by atoms with E-state index in [2.05, 4.69) is 22.9 Å². The molecule has 0 aliphatic rings. The number of benzene rings is 2. The van der Waals surface area contributed by atoms with Crippen LogP contribution in [0.3, 0.4) is 0 Å². The van der Waals surface area contributed by atoms with Crippen LogP contribution < -0.4 is 16.0 Å². The smallest absolute Gasteiger partial charge is 0.255 e. The third-order valence-corrected chi connectivity index (χ3v) is 3.88. The minimum atomic E-state index is -0.186. The van der Waals surface area contributed by atoms with E-state index in [9.17, 15) is 9.59 Å². The molecule has 0 radical (unpaired) electrons. The van der Waals surface area contributed by atoms with Crippen LogP contribution in [0, 0.1) is 0 Å². The van der Waals surface area contributed by atoms with Crippen LogP contribution in [0.2, 0.25) is 0 Å². The van der Waals surface area contributed by atoms with Gasteiger partial charge in [0.2, 0.25) is 5.91 Å². The molecule has 2 rings (SSSR count). The van der Waals surface area contributed by atoms with E-state index in [-0.39, 0.29) is 16.9 Å². The Hall–Kier alpha value is -2.73. The highest BCUT2D eigenvalue weighted by atomic mass is 32.1. The van der Waals surface area contributed by atoms with Crippen LogP contribution >= 0.6 is 12.2 Å². The third-order valence-electron chi connectivity index (χ3n) is 3.67. The summed E-state index contributed by atoms with van der Waals surface area (Å²) in [5.74, 6) is -0.279. The van der Waals surface area contributed by atoms with Gasteiger partial charge in [0, 0.05) is 23.4 Å². The summed E-state index contributed by atoms with van der Waals surface area (Å²) in [6, 6.07) is 16.2. The second-order valence-electron chi connectivity index (χ2n) is 5.86. The molecular formula is C20H23N3O2S. The van der Waals surface area contributed by atoms with Gasteiger partial charge in [-0.05, 0) is 49.0 Å². The molecule has 2 aromatic rings. The largest absolute Gasteiger partial charge is 0.332 e. The molecule has 6 heteroatoms.